The maximum absolute atomic E-state index is 13.4. The lowest BCUT2D eigenvalue weighted by molar-refractivity contribution is -0.132. The van der Waals surface area contributed by atoms with E-state index in [0.717, 1.165) is 35.7 Å². The van der Waals surface area contributed by atoms with E-state index in [9.17, 15) is 14.0 Å². The predicted octanol–water partition coefficient (Wildman–Crippen LogP) is 3.26. The van der Waals surface area contributed by atoms with E-state index >= 15 is 0 Å². The van der Waals surface area contributed by atoms with Gasteiger partial charge in [0, 0.05) is 50.5 Å². The van der Waals surface area contributed by atoms with Crippen LogP contribution >= 0.6 is 0 Å². The summed E-state index contributed by atoms with van der Waals surface area (Å²) in [6.07, 6.45) is 1.68. The zero-order valence-electron chi connectivity index (χ0n) is 22.0. The summed E-state index contributed by atoms with van der Waals surface area (Å²) in [5.41, 5.74) is 2.07. The lowest BCUT2D eigenvalue weighted by atomic mass is 10.1. The third kappa shape index (κ3) is 6.51. The summed E-state index contributed by atoms with van der Waals surface area (Å²) < 4.78 is 24.3. The fourth-order valence-corrected chi connectivity index (χ4v) is 4.89. The Morgan fingerprint density at radius 1 is 1.00 bits per heavy atom. The molecule has 2 aromatic carbocycles. The SMILES string of the molecule is COc1ccc(-c2ccc(N3CCN(C(=O)CN(C[C@H]4CCCO4)C(=O)c4ccc(F)cc4)CC3)nn2)cc1. The fraction of sp³-hybridized carbons (Fsp3) is 0.379. The number of carbonyl (C=O) groups is 2. The van der Waals surface area contributed by atoms with Crippen LogP contribution in [0, 0.1) is 5.82 Å². The first-order valence-electron chi connectivity index (χ1n) is 13.2. The average Bonchev–Trinajstić information content (AvgIpc) is 3.50. The van der Waals surface area contributed by atoms with E-state index in [0.29, 0.717) is 44.9 Å². The van der Waals surface area contributed by atoms with Crippen molar-refractivity contribution in [2.24, 2.45) is 0 Å². The van der Waals surface area contributed by atoms with E-state index in [-0.39, 0.29) is 24.5 Å². The highest BCUT2D eigenvalue weighted by molar-refractivity contribution is 5.96. The topological polar surface area (TPSA) is 88.1 Å². The van der Waals surface area contributed by atoms with Gasteiger partial charge in [0.2, 0.25) is 5.91 Å². The van der Waals surface area contributed by atoms with Crippen molar-refractivity contribution in [1.82, 2.24) is 20.0 Å². The molecule has 3 heterocycles. The van der Waals surface area contributed by atoms with E-state index in [1.807, 2.05) is 36.4 Å². The van der Waals surface area contributed by atoms with Crippen molar-refractivity contribution in [2.75, 3.05) is 57.9 Å². The smallest absolute Gasteiger partial charge is 0.254 e. The minimum Gasteiger partial charge on any atom is -0.497 e. The number of ether oxygens (including phenoxy) is 2. The number of halogens is 1. The van der Waals surface area contributed by atoms with E-state index in [1.54, 1.807) is 12.0 Å². The number of carbonyl (C=O) groups excluding carboxylic acids is 2. The number of methoxy groups -OCH3 is 1. The van der Waals surface area contributed by atoms with Crippen molar-refractivity contribution in [3.05, 3.63) is 72.0 Å². The van der Waals surface area contributed by atoms with Crippen molar-refractivity contribution in [3.8, 4) is 17.0 Å². The Labute approximate surface area is 227 Å². The van der Waals surface area contributed by atoms with E-state index in [2.05, 4.69) is 15.1 Å². The Morgan fingerprint density at radius 2 is 1.74 bits per heavy atom. The van der Waals surface area contributed by atoms with Crippen molar-refractivity contribution in [3.63, 3.8) is 0 Å². The molecule has 0 saturated carbocycles. The highest BCUT2D eigenvalue weighted by Gasteiger charge is 2.29. The maximum Gasteiger partial charge on any atom is 0.254 e. The molecule has 0 unspecified atom stereocenters. The molecule has 204 valence electrons. The van der Waals surface area contributed by atoms with Crippen LogP contribution in [0.2, 0.25) is 0 Å². The summed E-state index contributed by atoms with van der Waals surface area (Å²) in [7, 11) is 1.63. The molecule has 2 amide bonds. The number of benzene rings is 2. The monoisotopic (exact) mass is 533 g/mol. The third-order valence-electron chi connectivity index (χ3n) is 7.15. The molecule has 10 heteroatoms. The summed E-state index contributed by atoms with van der Waals surface area (Å²) >= 11 is 0. The number of nitrogens with zero attached hydrogens (tertiary/aromatic N) is 5. The Balaban J connectivity index is 1.18. The van der Waals surface area contributed by atoms with Gasteiger partial charge in [0.15, 0.2) is 5.82 Å². The largest absolute Gasteiger partial charge is 0.497 e. The number of anilines is 1. The number of rotatable bonds is 8. The van der Waals surface area contributed by atoms with Crippen LogP contribution < -0.4 is 9.64 Å². The zero-order chi connectivity index (χ0) is 27.2. The lowest BCUT2D eigenvalue weighted by Gasteiger charge is -2.36. The summed E-state index contributed by atoms with van der Waals surface area (Å²) in [6.45, 7) is 3.19. The molecule has 5 rings (SSSR count). The second-order valence-corrected chi connectivity index (χ2v) is 9.70. The van der Waals surface area contributed by atoms with Gasteiger partial charge in [-0.05, 0) is 73.5 Å². The van der Waals surface area contributed by atoms with Crippen molar-refractivity contribution in [1.29, 1.82) is 0 Å². The Hall–Kier alpha value is -4.05. The van der Waals surface area contributed by atoms with Gasteiger partial charge in [0.1, 0.15) is 18.1 Å². The molecular weight excluding hydrogens is 501 g/mol. The molecule has 1 atom stereocenters. The average molecular weight is 534 g/mol. The molecule has 2 aliphatic heterocycles. The van der Waals surface area contributed by atoms with Crippen molar-refractivity contribution >= 4 is 17.6 Å². The standard InChI is InChI=1S/C29H32FN5O4/c1-38-24-10-6-21(7-11-24)26-12-13-27(32-31-26)33-14-16-34(17-15-33)28(36)20-35(19-25-3-2-18-39-25)29(37)22-4-8-23(30)9-5-22/h4-13,25H,2-3,14-20H2,1H3/t25-/m1/s1. The molecule has 1 aromatic heterocycles. The summed E-state index contributed by atoms with van der Waals surface area (Å²) in [5, 5.41) is 8.79. The minimum atomic E-state index is -0.411. The number of piperazine rings is 1. The van der Waals surface area contributed by atoms with Gasteiger partial charge < -0.3 is 24.2 Å². The zero-order valence-corrected chi connectivity index (χ0v) is 22.0. The summed E-state index contributed by atoms with van der Waals surface area (Å²) in [5.74, 6) is 0.705. The Bertz CT molecular complexity index is 1260. The molecule has 39 heavy (non-hydrogen) atoms. The molecule has 0 aliphatic carbocycles. The van der Waals surface area contributed by atoms with Gasteiger partial charge in [0.25, 0.3) is 5.91 Å². The normalized spacial score (nSPS) is 17.2. The molecule has 2 fully saturated rings. The number of hydrogen-bond donors (Lipinski definition) is 0. The van der Waals surface area contributed by atoms with E-state index in [4.69, 9.17) is 9.47 Å². The maximum atomic E-state index is 13.4. The first-order valence-corrected chi connectivity index (χ1v) is 13.2. The lowest BCUT2D eigenvalue weighted by Crippen LogP contribution is -2.52. The summed E-state index contributed by atoms with van der Waals surface area (Å²) in [6, 6.07) is 16.9. The van der Waals surface area contributed by atoms with Gasteiger partial charge in [0.05, 0.1) is 18.9 Å². The predicted molar refractivity (Wildman–Crippen MR) is 144 cm³/mol. The van der Waals surface area contributed by atoms with Crippen LogP contribution in [0.25, 0.3) is 11.3 Å². The molecular formula is C29H32FN5O4. The van der Waals surface area contributed by atoms with Crippen LogP contribution in [0.4, 0.5) is 10.2 Å². The van der Waals surface area contributed by atoms with Crippen LogP contribution in [-0.2, 0) is 9.53 Å². The molecule has 0 bridgehead atoms. The van der Waals surface area contributed by atoms with Crippen LogP contribution in [0.3, 0.4) is 0 Å². The van der Waals surface area contributed by atoms with Gasteiger partial charge in [-0.15, -0.1) is 10.2 Å². The van der Waals surface area contributed by atoms with E-state index in [1.165, 1.54) is 29.2 Å². The van der Waals surface area contributed by atoms with Gasteiger partial charge >= 0.3 is 0 Å². The molecule has 0 N–H and O–H groups in total. The second kappa shape index (κ2) is 12.2. The third-order valence-corrected chi connectivity index (χ3v) is 7.15. The highest BCUT2D eigenvalue weighted by atomic mass is 19.1. The first kappa shape index (κ1) is 26.6. The van der Waals surface area contributed by atoms with Gasteiger partial charge in [-0.1, -0.05) is 0 Å². The summed E-state index contributed by atoms with van der Waals surface area (Å²) in [4.78, 5) is 31.8. The van der Waals surface area contributed by atoms with Crippen molar-refractivity contribution in [2.45, 2.75) is 18.9 Å². The quantitative estimate of drug-likeness (QED) is 0.439. The number of amides is 2. The second-order valence-electron chi connectivity index (χ2n) is 9.70. The van der Waals surface area contributed by atoms with Gasteiger partial charge in [-0.3, -0.25) is 9.59 Å². The number of aromatic nitrogens is 2. The first-order chi connectivity index (χ1) is 19.0. The van der Waals surface area contributed by atoms with Gasteiger partial charge in [-0.2, -0.15) is 0 Å². The van der Waals surface area contributed by atoms with Gasteiger partial charge in [-0.25, -0.2) is 4.39 Å². The molecule has 0 radical (unpaired) electrons. The van der Waals surface area contributed by atoms with Crippen LogP contribution in [0.1, 0.15) is 23.2 Å². The molecule has 3 aromatic rings. The fourth-order valence-electron chi connectivity index (χ4n) is 4.89. The molecule has 0 spiro atoms. The minimum absolute atomic E-state index is 0.0492. The number of hydrogen-bond acceptors (Lipinski definition) is 7. The van der Waals surface area contributed by atoms with Crippen LogP contribution in [0.5, 0.6) is 5.75 Å². The van der Waals surface area contributed by atoms with Crippen molar-refractivity contribution < 1.29 is 23.5 Å². The van der Waals surface area contributed by atoms with Crippen LogP contribution in [0.15, 0.2) is 60.7 Å². The Morgan fingerprint density at radius 3 is 2.36 bits per heavy atom. The molecule has 2 aliphatic rings. The highest BCUT2D eigenvalue weighted by Crippen LogP contribution is 2.22. The molecule has 2 saturated heterocycles. The molecule has 9 nitrogen and oxygen atoms in total. The van der Waals surface area contributed by atoms with Crippen LogP contribution in [-0.4, -0.2) is 90.9 Å². The Kier molecular flexibility index (Phi) is 8.31. The van der Waals surface area contributed by atoms with E-state index < -0.39 is 5.82 Å².